The van der Waals surface area contributed by atoms with Crippen molar-refractivity contribution in [2.75, 3.05) is 5.32 Å². The van der Waals surface area contributed by atoms with Crippen LogP contribution in [0.2, 0.25) is 5.15 Å². The van der Waals surface area contributed by atoms with E-state index in [2.05, 4.69) is 25.3 Å². The van der Waals surface area contributed by atoms with E-state index in [0.29, 0.717) is 11.2 Å². The lowest BCUT2D eigenvalue weighted by Gasteiger charge is -2.32. The lowest BCUT2D eigenvalue weighted by Crippen LogP contribution is -2.44. The molecule has 1 fully saturated rings. The molecule has 2 aromatic heterocycles. The summed E-state index contributed by atoms with van der Waals surface area (Å²) in [6.45, 7) is 0. The predicted octanol–water partition coefficient (Wildman–Crippen LogP) is 2.00. The van der Waals surface area contributed by atoms with Crippen LogP contribution in [0.25, 0.3) is 11.2 Å². The second kappa shape index (κ2) is 5.57. The summed E-state index contributed by atoms with van der Waals surface area (Å²) in [6, 6.07) is 0. The molecule has 2 aromatic rings. The number of amides is 1. The van der Waals surface area contributed by atoms with Gasteiger partial charge in [0.25, 0.3) is 0 Å². The van der Waals surface area contributed by atoms with Gasteiger partial charge in [0.15, 0.2) is 10.8 Å². The van der Waals surface area contributed by atoms with Crippen molar-refractivity contribution >= 4 is 34.6 Å². The number of halogens is 1. The maximum Gasteiger partial charge on any atom is 0.233 e. The molecule has 0 radical (unpaired) electrons. The number of nitrogens with two attached hydrogens (primary N) is 1. The number of carbonyl (C=O) groups is 1. The number of nitrogens with one attached hydrogen (secondary N) is 2. The van der Waals surface area contributed by atoms with Crippen molar-refractivity contribution in [3.05, 3.63) is 11.5 Å². The van der Waals surface area contributed by atoms with Gasteiger partial charge in [-0.25, -0.2) is 4.98 Å². The van der Waals surface area contributed by atoms with E-state index < -0.39 is 5.54 Å². The van der Waals surface area contributed by atoms with Crippen LogP contribution >= 0.6 is 11.6 Å². The van der Waals surface area contributed by atoms with E-state index in [-0.39, 0.29) is 23.4 Å². The number of imidazole rings is 1. The van der Waals surface area contributed by atoms with Crippen LogP contribution in [0.15, 0.2) is 6.33 Å². The van der Waals surface area contributed by atoms with Crippen molar-refractivity contribution in [1.29, 1.82) is 0 Å². The van der Waals surface area contributed by atoms with Gasteiger partial charge in [-0.1, -0.05) is 30.9 Å². The van der Waals surface area contributed by atoms with Gasteiger partial charge in [0.2, 0.25) is 11.9 Å². The highest BCUT2D eigenvalue weighted by atomic mass is 35.5. The van der Waals surface area contributed by atoms with Gasteiger partial charge in [0.05, 0.1) is 6.33 Å². The van der Waals surface area contributed by atoms with Crippen LogP contribution in [0.5, 0.6) is 0 Å². The first kappa shape index (κ1) is 14.2. The quantitative estimate of drug-likeness (QED) is 0.751. The zero-order chi connectivity index (χ0) is 14.9. The Morgan fingerprint density at radius 3 is 2.90 bits per heavy atom. The van der Waals surface area contributed by atoms with Crippen LogP contribution in [0.4, 0.5) is 5.95 Å². The Kier molecular flexibility index (Phi) is 3.77. The minimum atomic E-state index is -0.414. The highest BCUT2D eigenvalue weighted by Gasteiger charge is 2.30. The average molecular weight is 309 g/mol. The fourth-order valence-corrected chi connectivity index (χ4v) is 2.99. The van der Waals surface area contributed by atoms with Crippen LogP contribution in [0.3, 0.4) is 0 Å². The number of hydrogen-bond donors (Lipinski definition) is 3. The molecule has 1 aliphatic carbocycles. The van der Waals surface area contributed by atoms with E-state index >= 15 is 0 Å². The topological polar surface area (TPSA) is 110 Å². The normalized spacial score (nSPS) is 17.8. The minimum Gasteiger partial charge on any atom is -0.341 e. The molecule has 0 atom stereocenters. The number of aromatic amines is 1. The molecule has 0 unspecified atom stereocenters. The molecule has 7 nitrogen and oxygen atoms in total. The molecule has 0 spiro atoms. The summed E-state index contributed by atoms with van der Waals surface area (Å²) < 4.78 is 0. The van der Waals surface area contributed by atoms with Gasteiger partial charge >= 0.3 is 0 Å². The zero-order valence-electron chi connectivity index (χ0n) is 11.5. The first-order chi connectivity index (χ1) is 10.1. The van der Waals surface area contributed by atoms with Crippen LogP contribution in [-0.4, -0.2) is 31.4 Å². The summed E-state index contributed by atoms with van der Waals surface area (Å²) in [5, 5.41) is 2.89. The summed E-state index contributed by atoms with van der Waals surface area (Å²) in [7, 11) is 0. The van der Waals surface area contributed by atoms with Gasteiger partial charge < -0.3 is 10.7 Å². The number of anilines is 1. The van der Waals surface area contributed by atoms with Crippen LogP contribution in [0, 0.1) is 0 Å². The Morgan fingerprint density at radius 1 is 1.38 bits per heavy atom. The fraction of sp³-hybridized carbons (Fsp3) is 0.538. The Hall–Kier alpha value is -1.73. The third-order valence-electron chi connectivity index (χ3n) is 3.85. The second-order valence-electron chi connectivity index (χ2n) is 5.59. The van der Waals surface area contributed by atoms with Crippen molar-refractivity contribution in [3.8, 4) is 0 Å². The van der Waals surface area contributed by atoms with Crippen LogP contribution in [0.1, 0.15) is 38.5 Å². The predicted molar refractivity (Wildman–Crippen MR) is 79.9 cm³/mol. The Bertz CT molecular complexity index is 664. The molecule has 1 amide bonds. The molecular formula is C13H17ClN6O. The highest BCUT2D eigenvalue weighted by molar-refractivity contribution is 6.33. The minimum absolute atomic E-state index is 0.156. The molecule has 3 rings (SSSR count). The number of H-pyrrole nitrogens is 1. The van der Waals surface area contributed by atoms with Crippen LogP contribution < -0.4 is 11.1 Å². The van der Waals surface area contributed by atoms with Gasteiger partial charge in [-0.2, -0.15) is 9.97 Å². The monoisotopic (exact) mass is 308 g/mol. The molecule has 4 N–H and O–H groups in total. The highest BCUT2D eigenvalue weighted by Crippen LogP contribution is 2.29. The number of fused-ring (bicyclic) bond motifs is 1. The third-order valence-corrected chi connectivity index (χ3v) is 4.13. The van der Waals surface area contributed by atoms with Gasteiger partial charge in [0, 0.05) is 12.0 Å². The van der Waals surface area contributed by atoms with Crippen LogP contribution in [-0.2, 0) is 4.79 Å². The van der Waals surface area contributed by atoms with Gasteiger partial charge in [-0.15, -0.1) is 0 Å². The lowest BCUT2D eigenvalue weighted by atomic mass is 9.80. The number of hydrogen-bond acceptors (Lipinski definition) is 5. The van der Waals surface area contributed by atoms with Gasteiger partial charge in [-0.3, -0.25) is 10.1 Å². The largest absolute Gasteiger partial charge is 0.341 e. The van der Waals surface area contributed by atoms with Crippen molar-refractivity contribution in [1.82, 2.24) is 19.9 Å². The number of rotatable bonds is 3. The molecule has 1 aliphatic rings. The first-order valence-electron chi connectivity index (χ1n) is 7.01. The fourth-order valence-electron chi connectivity index (χ4n) is 2.78. The molecule has 21 heavy (non-hydrogen) atoms. The molecule has 1 saturated carbocycles. The van der Waals surface area contributed by atoms with Gasteiger partial charge in [0.1, 0.15) is 5.52 Å². The third kappa shape index (κ3) is 3.14. The molecule has 0 bridgehead atoms. The van der Waals surface area contributed by atoms with Crippen molar-refractivity contribution in [3.63, 3.8) is 0 Å². The molecule has 8 heteroatoms. The summed E-state index contributed by atoms with van der Waals surface area (Å²) >= 11 is 6.01. The summed E-state index contributed by atoms with van der Waals surface area (Å²) in [6.07, 6.45) is 6.84. The smallest absolute Gasteiger partial charge is 0.233 e. The van der Waals surface area contributed by atoms with Crippen molar-refractivity contribution < 1.29 is 4.79 Å². The van der Waals surface area contributed by atoms with E-state index in [1.807, 2.05) is 0 Å². The maximum absolute atomic E-state index is 12.1. The standard InChI is InChI=1S/C13H17ClN6O/c14-10-9-11(17-7-16-9)20-12(19-10)18-8(21)6-13(15)4-2-1-3-5-13/h7H,1-6,15H2,(H2,16,17,18,19,20,21). The molecule has 112 valence electrons. The summed E-state index contributed by atoms with van der Waals surface area (Å²) in [5.74, 6) is -0.0330. The van der Waals surface area contributed by atoms with Gasteiger partial charge in [-0.05, 0) is 12.8 Å². The summed E-state index contributed by atoms with van der Waals surface area (Å²) in [5.41, 5.74) is 6.83. The van der Waals surface area contributed by atoms with Crippen molar-refractivity contribution in [2.24, 2.45) is 5.73 Å². The first-order valence-corrected chi connectivity index (χ1v) is 7.39. The number of nitrogens with zero attached hydrogens (tertiary/aromatic N) is 3. The SMILES string of the molecule is NC1(CC(=O)Nc2nc(Cl)c3[nH]cnc3n2)CCCCC1. The zero-order valence-corrected chi connectivity index (χ0v) is 12.3. The van der Waals surface area contributed by atoms with E-state index in [4.69, 9.17) is 17.3 Å². The molecule has 2 heterocycles. The van der Waals surface area contributed by atoms with E-state index in [9.17, 15) is 4.79 Å². The van der Waals surface area contributed by atoms with E-state index in [0.717, 1.165) is 25.7 Å². The number of carbonyl (C=O) groups excluding carboxylic acids is 1. The second-order valence-corrected chi connectivity index (χ2v) is 5.95. The van der Waals surface area contributed by atoms with E-state index in [1.54, 1.807) is 0 Å². The lowest BCUT2D eigenvalue weighted by molar-refractivity contribution is -0.117. The average Bonchev–Trinajstić information content (AvgIpc) is 2.87. The molecule has 0 aliphatic heterocycles. The molecule has 0 aromatic carbocycles. The Balaban J connectivity index is 1.71. The molecular weight excluding hydrogens is 292 g/mol. The Morgan fingerprint density at radius 2 is 2.14 bits per heavy atom. The van der Waals surface area contributed by atoms with Crippen molar-refractivity contribution in [2.45, 2.75) is 44.1 Å². The van der Waals surface area contributed by atoms with E-state index in [1.165, 1.54) is 12.7 Å². The molecule has 0 saturated heterocycles. The Labute approximate surface area is 126 Å². The number of aromatic nitrogens is 4. The summed E-state index contributed by atoms with van der Waals surface area (Å²) in [4.78, 5) is 27.2. The maximum atomic E-state index is 12.1.